The SMILES string of the molecule is Cc1ccc2c(c1)oc(=O)c1cc(O)ccc12.Cc1ccc2c(c1)oc(=O)c1cc(OCC3COC3)ccc12.O=c1oc2cc(O)ccc2c2ccc(OCC3COC3)cc12.OCC1COC1. The van der Waals surface area contributed by atoms with Crippen LogP contribution in [0, 0.1) is 31.6 Å². The van der Waals surface area contributed by atoms with Crippen LogP contribution in [0.4, 0.5) is 0 Å². The molecule has 0 spiro atoms. The topological polar surface area (TPSA) is 197 Å². The number of fused-ring (bicyclic) bond motifs is 9. The van der Waals surface area contributed by atoms with E-state index < -0.39 is 11.3 Å². The molecule has 3 aromatic heterocycles. The van der Waals surface area contributed by atoms with Crippen LogP contribution in [-0.4, -0.2) is 74.8 Å². The highest BCUT2D eigenvalue weighted by atomic mass is 16.5. The molecule has 3 aliphatic rings. The average Bonchev–Trinajstić information content (AvgIpc) is 3.26. The summed E-state index contributed by atoms with van der Waals surface area (Å²) in [5, 5.41) is 33.7. The Bertz CT molecular complexity index is 3280. The monoisotopic (exact) mass is 908 g/mol. The maximum Gasteiger partial charge on any atom is 0.344 e. The van der Waals surface area contributed by atoms with Crippen LogP contribution in [0.15, 0.2) is 137 Å². The lowest BCUT2D eigenvalue weighted by Gasteiger charge is -2.25. The molecule has 0 atom stereocenters. The van der Waals surface area contributed by atoms with Crippen LogP contribution < -0.4 is 26.4 Å². The number of aromatic hydroxyl groups is 2. The molecule has 0 amide bonds. The highest BCUT2D eigenvalue weighted by Gasteiger charge is 2.21. The summed E-state index contributed by atoms with van der Waals surface area (Å²) in [6.45, 7) is 9.88. The summed E-state index contributed by atoms with van der Waals surface area (Å²) in [5.41, 5.74) is 2.49. The minimum atomic E-state index is -0.439. The third-order valence-electron chi connectivity index (χ3n) is 11.7. The van der Waals surface area contributed by atoms with Gasteiger partial charge in [-0.15, -0.1) is 0 Å². The molecule has 0 unspecified atom stereocenters. The van der Waals surface area contributed by atoms with Gasteiger partial charge < -0.3 is 52.3 Å². The maximum atomic E-state index is 12.2. The van der Waals surface area contributed by atoms with Crippen molar-refractivity contribution in [1.29, 1.82) is 0 Å². The smallest absolute Gasteiger partial charge is 0.344 e. The van der Waals surface area contributed by atoms with Crippen LogP contribution >= 0.6 is 0 Å². The van der Waals surface area contributed by atoms with Gasteiger partial charge in [0, 0.05) is 56.1 Å². The second kappa shape index (κ2) is 19.7. The van der Waals surface area contributed by atoms with Gasteiger partial charge in [0.1, 0.15) is 39.7 Å². The Morgan fingerprint density at radius 3 is 1.18 bits per heavy atom. The van der Waals surface area contributed by atoms with E-state index in [9.17, 15) is 24.6 Å². The standard InChI is InChI=1S/C18H16O4.C17H14O5.C14H10O3.C4H8O2/c1-11-2-4-15-14-5-3-13(21-10-12-8-20-9-12)7-16(14)18(19)22-17(15)6-11;18-11-1-3-14-13-4-2-12(21-9-10-7-20-8-10)6-15(13)17(19)22-16(14)5-11;1-8-2-4-11-10-5-3-9(15)7-12(10)14(16)17-13(11)6-8;5-1-4-2-6-3-4/h2-7,12H,8-10H2,1H3;1-6,10,18H,7-9H2;2-7,15H,1H3;4-5H,1-3H2. The fraction of sp³-hybridized carbons (Fsp3) is 0.264. The van der Waals surface area contributed by atoms with Crippen molar-refractivity contribution in [3.05, 3.63) is 152 Å². The summed E-state index contributed by atoms with van der Waals surface area (Å²) < 4.78 is 42.4. The number of hydrogen-bond acceptors (Lipinski definition) is 14. The second-order valence-corrected chi connectivity index (χ2v) is 17.0. The number of phenols is 2. The maximum absolute atomic E-state index is 12.2. The molecule has 12 rings (SSSR count). The molecular weight excluding hydrogens is 861 g/mol. The van der Waals surface area contributed by atoms with Crippen LogP contribution in [0.3, 0.4) is 0 Å². The van der Waals surface area contributed by atoms with E-state index in [4.69, 9.17) is 42.0 Å². The summed E-state index contributed by atoms with van der Waals surface area (Å²) in [5.74, 6) is 2.79. The van der Waals surface area contributed by atoms with Crippen LogP contribution in [-0.2, 0) is 14.2 Å². The zero-order chi connectivity index (χ0) is 46.6. The summed E-state index contributed by atoms with van der Waals surface area (Å²) >= 11 is 0. The van der Waals surface area contributed by atoms with Crippen LogP contribution in [0.2, 0.25) is 0 Å². The summed E-state index contributed by atoms with van der Waals surface area (Å²) in [4.78, 5) is 36.1. The predicted octanol–water partition coefficient (Wildman–Crippen LogP) is 8.54. The molecule has 3 fully saturated rings. The van der Waals surface area contributed by atoms with Gasteiger partial charge in [0.15, 0.2) is 0 Å². The molecule has 3 saturated heterocycles. The predicted molar refractivity (Wildman–Crippen MR) is 254 cm³/mol. The van der Waals surface area contributed by atoms with Crippen molar-refractivity contribution in [2.24, 2.45) is 17.8 Å². The third-order valence-corrected chi connectivity index (χ3v) is 11.7. The molecule has 6 aromatic carbocycles. The fourth-order valence-electron chi connectivity index (χ4n) is 7.70. The van der Waals surface area contributed by atoms with E-state index in [0.29, 0.717) is 82.0 Å². The third kappa shape index (κ3) is 10.1. The van der Waals surface area contributed by atoms with E-state index in [1.54, 1.807) is 36.4 Å². The van der Waals surface area contributed by atoms with Crippen molar-refractivity contribution in [1.82, 2.24) is 0 Å². The Balaban J connectivity index is 0.000000119. The van der Waals surface area contributed by atoms with E-state index in [1.807, 2.05) is 74.5 Å². The lowest BCUT2D eigenvalue weighted by atomic mass is 10.1. The van der Waals surface area contributed by atoms with Crippen molar-refractivity contribution >= 4 is 65.2 Å². The highest BCUT2D eigenvalue weighted by Crippen LogP contribution is 2.30. The first-order valence-electron chi connectivity index (χ1n) is 21.9. The molecule has 0 aliphatic carbocycles. The number of rotatable bonds is 7. The second-order valence-electron chi connectivity index (χ2n) is 17.0. The first-order valence-corrected chi connectivity index (χ1v) is 21.9. The van der Waals surface area contributed by atoms with Gasteiger partial charge >= 0.3 is 16.9 Å². The fourth-order valence-corrected chi connectivity index (χ4v) is 7.70. The molecule has 344 valence electrons. The zero-order valence-electron chi connectivity index (χ0n) is 36.8. The van der Waals surface area contributed by atoms with Gasteiger partial charge in [-0.25, -0.2) is 14.4 Å². The number of aryl methyl sites for hydroxylation is 2. The van der Waals surface area contributed by atoms with E-state index in [0.717, 1.165) is 83.1 Å². The summed E-state index contributed by atoms with van der Waals surface area (Å²) in [6, 6.07) is 32.1. The Morgan fingerprint density at radius 1 is 0.433 bits per heavy atom. The number of hydrogen-bond donors (Lipinski definition) is 3. The molecule has 67 heavy (non-hydrogen) atoms. The lowest BCUT2D eigenvalue weighted by molar-refractivity contribution is -0.0554. The number of aliphatic hydroxyl groups excluding tert-OH is 1. The minimum Gasteiger partial charge on any atom is -0.508 e. The van der Waals surface area contributed by atoms with Crippen LogP contribution in [0.1, 0.15) is 11.1 Å². The number of aliphatic hydroxyl groups is 1. The number of ether oxygens (including phenoxy) is 5. The molecule has 0 radical (unpaired) electrons. The Labute approximate surface area is 382 Å². The van der Waals surface area contributed by atoms with Crippen molar-refractivity contribution < 1.29 is 52.3 Å². The molecule has 3 aliphatic heterocycles. The number of phenolic OH excluding ortho intramolecular Hbond substituents is 2. The van der Waals surface area contributed by atoms with Crippen molar-refractivity contribution in [3.63, 3.8) is 0 Å². The molecule has 14 nitrogen and oxygen atoms in total. The van der Waals surface area contributed by atoms with Gasteiger partial charge in [0.05, 0.1) is 75.6 Å². The van der Waals surface area contributed by atoms with E-state index in [2.05, 4.69) is 0 Å². The Kier molecular flexibility index (Phi) is 13.2. The van der Waals surface area contributed by atoms with E-state index in [-0.39, 0.29) is 17.1 Å². The highest BCUT2D eigenvalue weighted by molar-refractivity contribution is 6.06. The molecule has 6 heterocycles. The molecule has 14 heteroatoms. The largest absolute Gasteiger partial charge is 0.508 e. The first kappa shape index (κ1) is 44.9. The molecule has 9 aromatic rings. The Morgan fingerprint density at radius 2 is 0.791 bits per heavy atom. The van der Waals surface area contributed by atoms with Gasteiger partial charge in [-0.05, 0) is 104 Å². The van der Waals surface area contributed by atoms with E-state index >= 15 is 0 Å². The minimum absolute atomic E-state index is 0.0660. The van der Waals surface area contributed by atoms with Crippen LogP contribution in [0.5, 0.6) is 23.0 Å². The van der Waals surface area contributed by atoms with Gasteiger partial charge in [0.25, 0.3) is 0 Å². The van der Waals surface area contributed by atoms with Gasteiger partial charge in [-0.2, -0.15) is 0 Å². The average molecular weight is 909 g/mol. The molecule has 3 N–H and O–H groups in total. The molecule has 0 bridgehead atoms. The van der Waals surface area contributed by atoms with Gasteiger partial charge in [-0.3, -0.25) is 0 Å². The Hall–Kier alpha value is -7.23. The molecule has 0 saturated carbocycles. The van der Waals surface area contributed by atoms with Gasteiger partial charge in [-0.1, -0.05) is 24.3 Å². The summed E-state index contributed by atoms with van der Waals surface area (Å²) in [7, 11) is 0. The lowest BCUT2D eigenvalue weighted by Crippen LogP contribution is -2.32. The first-order chi connectivity index (χ1) is 32.5. The van der Waals surface area contributed by atoms with Crippen molar-refractivity contribution in [2.75, 3.05) is 59.5 Å². The van der Waals surface area contributed by atoms with Gasteiger partial charge in [0.2, 0.25) is 0 Å². The zero-order valence-corrected chi connectivity index (χ0v) is 36.8. The van der Waals surface area contributed by atoms with Crippen molar-refractivity contribution in [2.45, 2.75) is 13.8 Å². The normalized spacial score (nSPS) is 14.9. The van der Waals surface area contributed by atoms with E-state index in [1.165, 1.54) is 12.1 Å². The molecular formula is C53H48O14. The quantitative estimate of drug-likeness (QED) is 0.102. The van der Waals surface area contributed by atoms with Crippen molar-refractivity contribution in [3.8, 4) is 23.0 Å². The van der Waals surface area contributed by atoms with Crippen LogP contribution in [0.25, 0.3) is 65.2 Å². The summed E-state index contributed by atoms with van der Waals surface area (Å²) in [6.07, 6.45) is 0. The number of benzene rings is 6.